The fourth-order valence-electron chi connectivity index (χ4n) is 3.38. The normalized spacial score (nSPS) is 16.2. The lowest BCUT2D eigenvalue weighted by Crippen LogP contribution is -2.32. The highest BCUT2D eigenvalue weighted by Gasteiger charge is 2.16. The molecule has 0 bridgehead atoms. The van der Waals surface area contributed by atoms with Gasteiger partial charge in [0.1, 0.15) is 0 Å². The number of tetrazole rings is 1. The molecule has 0 spiro atoms. The van der Waals surface area contributed by atoms with Crippen molar-refractivity contribution in [3.05, 3.63) is 48.0 Å². The third-order valence-corrected chi connectivity index (χ3v) is 4.75. The monoisotopic (exact) mass is 337 g/mol. The Morgan fingerprint density at radius 2 is 1.84 bits per heavy atom. The summed E-state index contributed by atoms with van der Waals surface area (Å²) in [6.45, 7) is 5.40. The maximum atomic E-state index is 4.52. The molecule has 1 saturated heterocycles. The minimum atomic E-state index is 0.682. The number of hydrogen-bond acceptors (Lipinski definition) is 6. The molecule has 25 heavy (non-hydrogen) atoms. The van der Waals surface area contributed by atoms with Crippen molar-refractivity contribution in [2.45, 2.75) is 19.3 Å². The number of aromatic nitrogens is 5. The molecule has 3 heterocycles. The fourth-order valence-corrected chi connectivity index (χ4v) is 3.38. The molecule has 0 radical (unpaired) electrons. The number of rotatable bonds is 5. The molecular weight excluding hydrogens is 314 g/mol. The quantitative estimate of drug-likeness (QED) is 0.706. The molecule has 0 atom stereocenters. The molecule has 130 valence electrons. The highest BCUT2D eigenvalue weighted by atomic mass is 15.6. The summed E-state index contributed by atoms with van der Waals surface area (Å²) in [5, 5.41) is 16.0. The summed E-state index contributed by atoms with van der Waals surface area (Å²) < 4.78 is 1.50. The van der Waals surface area contributed by atoms with E-state index in [2.05, 4.69) is 60.8 Å². The van der Waals surface area contributed by atoms with Crippen LogP contribution in [0.4, 0.5) is 5.82 Å². The Kier molecular flexibility index (Phi) is 4.83. The average Bonchev–Trinajstić information content (AvgIpc) is 3.00. The number of hydrogen-bond donors (Lipinski definition) is 0. The van der Waals surface area contributed by atoms with E-state index in [4.69, 9.17) is 0 Å². The van der Waals surface area contributed by atoms with E-state index in [0.717, 1.165) is 51.4 Å². The molecular formula is C18H23N7. The number of aryl methyl sites for hydroxylation is 1. The highest BCUT2D eigenvalue weighted by Crippen LogP contribution is 2.14. The molecule has 3 aromatic rings. The van der Waals surface area contributed by atoms with Gasteiger partial charge in [-0.1, -0.05) is 30.3 Å². The molecule has 1 aromatic carbocycles. The maximum Gasteiger partial charge on any atom is 0.200 e. The Hall–Kier alpha value is -2.54. The summed E-state index contributed by atoms with van der Waals surface area (Å²) in [6.07, 6.45) is 3.51. The lowest BCUT2D eigenvalue weighted by atomic mass is 10.1. The van der Waals surface area contributed by atoms with Crippen LogP contribution in [0.5, 0.6) is 0 Å². The molecule has 2 aromatic heterocycles. The zero-order valence-corrected chi connectivity index (χ0v) is 14.3. The van der Waals surface area contributed by atoms with Gasteiger partial charge in [-0.3, -0.25) is 0 Å². The summed E-state index contributed by atoms with van der Waals surface area (Å²) in [5.41, 5.74) is 2.11. The van der Waals surface area contributed by atoms with Crippen molar-refractivity contribution in [2.75, 3.05) is 37.6 Å². The van der Waals surface area contributed by atoms with Gasteiger partial charge in [0.25, 0.3) is 0 Å². The average molecular weight is 337 g/mol. The van der Waals surface area contributed by atoms with E-state index in [9.17, 15) is 0 Å². The highest BCUT2D eigenvalue weighted by molar-refractivity contribution is 5.44. The van der Waals surface area contributed by atoms with Gasteiger partial charge >= 0.3 is 0 Å². The second kappa shape index (κ2) is 7.57. The van der Waals surface area contributed by atoms with Crippen LogP contribution >= 0.6 is 0 Å². The standard InChI is InChI=1S/C18H23N7/c1-2-6-16(7-3-1)8-4-11-23-12-5-13-24(15-14-23)18-10-9-17-19-21-22-25(17)20-18/h1-3,6-7,9-10H,4-5,8,11-15H2. The number of nitrogens with zero attached hydrogens (tertiary/aromatic N) is 7. The molecule has 0 amide bonds. The van der Waals surface area contributed by atoms with E-state index in [1.54, 1.807) is 0 Å². The minimum absolute atomic E-state index is 0.682. The molecule has 1 aliphatic rings. The van der Waals surface area contributed by atoms with Gasteiger partial charge in [0.05, 0.1) is 0 Å². The SMILES string of the molecule is c1ccc(CCCN2CCCN(c3ccc4nnnn4n3)CC2)cc1. The molecule has 7 nitrogen and oxygen atoms in total. The smallest absolute Gasteiger partial charge is 0.200 e. The van der Waals surface area contributed by atoms with Crippen LogP contribution in [-0.4, -0.2) is 62.9 Å². The molecule has 1 fully saturated rings. The maximum absolute atomic E-state index is 4.52. The predicted molar refractivity (Wildman–Crippen MR) is 96.6 cm³/mol. The Morgan fingerprint density at radius 3 is 2.76 bits per heavy atom. The van der Waals surface area contributed by atoms with E-state index < -0.39 is 0 Å². The van der Waals surface area contributed by atoms with Crippen molar-refractivity contribution in [2.24, 2.45) is 0 Å². The predicted octanol–water partition coefficient (Wildman–Crippen LogP) is 1.66. The van der Waals surface area contributed by atoms with Gasteiger partial charge < -0.3 is 9.80 Å². The third-order valence-electron chi connectivity index (χ3n) is 4.75. The third kappa shape index (κ3) is 3.93. The summed E-state index contributed by atoms with van der Waals surface area (Å²) in [6, 6.07) is 14.7. The van der Waals surface area contributed by atoms with Crippen LogP contribution in [0.15, 0.2) is 42.5 Å². The molecule has 0 aliphatic carbocycles. The van der Waals surface area contributed by atoms with Crippen LogP contribution < -0.4 is 4.90 Å². The Labute approximate surface area is 147 Å². The van der Waals surface area contributed by atoms with Gasteiger partial charge in [-0.05, 0) is 60.5 Å². The van der Waals surface area contributed by atoms with Crippen molar-refractivity contribution in [1.82, 2.24) is 30.2 Å². The van der Waals surface area contributed by atoms with Crippen molar-refractivity contribution in [3.63, 3.8) is 0 Å². The zero-order chi connectivity index (χ0) is 16.9. The molecule has 7 heteroatoms. The van der Waals surface area contributed by atoms with E-state index in [1.807, 2.05) is 12.1 Å². The molecule has 1 aliphatic heterocycles. The number of benzene rings is 1. The van der Waals surface area contributed by atoms with Gasteiger partial charge in [0.15, 0.2) is 11.5 Å². The molecule has 0 N–H and O–H groups in total. The van der Waals surface area contributed by atoms with Gasteiger partial charge in [-0.2, -0.15) is 0 Å². The largest absolute Gasteiger partial charge is 0.354 e. The van der Waals surface area contributed by atoms with Crippen molar-refractivity contribution in [1.29, 1.82) is 0 Å². The zero-order valence-electron chi connectivity index (χ0n) is 14.3. The van der Waals surface area contributed by atoms with Crippen LogP contribution in [0.3, 0.4) is 0 Å². The fraction of sp³-hybridized carbons (Fsp3) is 0.444. The molecule has 0 saturated carbocycles. The Balaban J connectivity index is 1.30. The second-order valence-corrected chi connectivity index (χ2v) is 6.49. The van der Waals surface area contributed by atoms with E-state index in [0.29, 0.717) is 5.65 Å². The van der Waals surface area contributed by atoms with Crippen LogP contribution in [0, 0.1) is 0 Å². The molecule has 0 unspecified atom stereocenters. The van der Waals surface area contributed by atoms with Crippen molar-refractivity contribution >= 4 is 11.5 Å². The van der Waals surface area contributed by atoms with Crippen molar-refractivity contribution < 1.29 is 0 Å². The van der Waals surface area contributed by atoms with E-state index in [1.165, 1.54) is 16.6 Å². The summed E-state index contributed by atoms with van der Waals surface area (Å²) in [7, 11) is 0. The van der Waals surface area contributed by atoms with Gasteiger partial charge in [0.2, 0.25) is 0 Å². The van der Waals surface area contributed by atoms with Gasteiger partial charge in [-0.25, -0.2) is 0 Å². The molecule has 4 rings (SSSR count). The van der Waals surface area contributed by atoms with E-state index >= 15 is 0 Å². The first-order chi connectivity index (χ1) is 12.4. The first-order valence-electron chi connectivity index (χ1n) is 8.95. The minimum Gasteiger partial charge on any atom is -0.354 e. The topological polar surface area (TPSA) is 62.5 Å². The lowest BCUT2D eigenvalue weighted by molar-refractivity contribution is 0.290. The lowest BCUT2D eigenvalue weighted by Gasteiger charge is -2.22. The Morgan fingerprint density at radius 1 is 0.920 bits per heavy atom. The first kappa shape index (κ1) is 16.0. The van der Waals surface area contributed by atoms with Crippen LogP contribution in [0.25, 0.3) is 5.65 Å². The van der Waals surface area contributed by atoms with Crippen LogP contribution in [0.2, 0.25) is 0 Å². The Bertz CT molecular complexity index is 801. The number of fused-ring (bicyclic) bond motifs is 1. The summed E-state index contributed by atoms with van der Waals surface area (Å²) in [4.78, 5) is 4.90. The van der Waals surface area contributed by atoms with Crippen LogP contribution in [0.1, 0.15) is 18.4 Å². The van der Waals surface area contributed by atoms with Gasteiger partial charge in [-0.15, -0.1) is 14.8 Å². The van der Waals surface area contributed by atoms with Gasteiger partial charge in [0, 0.05) is 19.6 Å². The summed E-state index contributed by atoms with van der Waals surface area (Å²) in [5.74, 6) is 0.950. The van der Waals surface area contributed by atoms with Crippen molar-refractivity contribution in [3.8, 4) is 0 Å². The second-order valence-electron chi connectivity index (χ2n) is 6.49. The van der Waals surface area contributed by atoms with Crippen LogP contribution in [-0.2, 0) is 6.42 Å². The summed E-state index contributed by atoms with van der Waals surface area (Å²) >= 11 is 0. The first-order valence-corrected chi connectivity index (χ1v) is 8.95. The van der Waals surface area contributed by atoms with E-state index in [-0.39, 0.29) is 0 Å². The number of anilines is 1.